The minimum atomic E-state index is -0.481. The maximum atomic E-state index is 9.95. The molecule has 1 aromatic carbocycles. The number of hydrogen-bond donors (Lipinski definition) is 2. The van der Waals surface area contributed by atoms with Crippen LogP contribution in [0.25, 0.3) is 0 Å². The summed E-state index contributed by atoms with van der Waals surface area (Å²) in [5.41, 5.74) is 0.908. The van der Waals surface area contributed by atoms with Crippen molar-refractivity contribution in [2.75, 3.05) is 13.7 Å². The van der Waals surface area contributed by atoms with E-state index >= 15 is 0 Å². The van der Waals surface area contributed by atoms with E-state index < -0.39 is 6.10 Å². The molecule has 0 aliphatic heterocycles. The van der Waals surface area contributed by atoms with E-state index in [2.05, 4.69) is 12.2 Å². The molecule has 90 valence electrons. The van der Waals surface area contributed by atoms with Gasteiger partial charge in [-0.25, -0.2) is 0 Å². The largest absolute Gasteiger partial charge is 0.494 e. The third kappa shape index (κ3) is 3.51. The van der Waals surface area contributed by atoms with Crippen molar-refractivity contribution in [3.63, 3.8) is 0 Å². The van der Waals surface area contributed by atoms with Gasteiger partial charge in [0.15, 0.2) is 0 Å². The molecule has 0 saturated heterocycles. The van der Waals surface area contributed by atoms with Gasteiger partial charge in [-0.2, -0.15) is 0 Å². The van der Waals surface area contributed by atoms with Crippen LogP contribution >= 0.6 is 0 Å². The van der Waals surface area contributed by atoms with E-state index in [0.29, 0.717) is 0 Å². The maximum Gasteiger partial charge on any atom is 0.119 e. The first-order valence-corrected chi connectivity index (χ1v) is 5.77. The van der Waals surface area contributed by atoms with Crippen molar-refractivity contribution in [3.05, 3.63) is 29.8 Å². The Morgan fingerprint density at radius 1 is 1.31 bits per heavy atom. The van der Waals surface area contributed by atoms with E-state index in [-0.39, 0.29) is 6.04 Å². The van der Waals surface area contributed by atoms with Crippen molar-refractivity contribution in [2.24, 2.45) is 0 Å². The van der Waals surface area contributed by atoms with Crippen LogP contribution in [0.2, 0.25) is 0 Å². The minimum Gasteiger partial charge on any atom is -0.494 e. The van der Waals surface area contributed by atoms with Gasteiger partial charge in [0.1, 0.15) is 5.75 Å². The summed E-state index contributed by atoms with van der Waals surface area (Å²) in [6.45, 7) is 4.76. The molecule has 0 bridgehead atoms. The number of aliphatic hydroxyl groups is 1. The molecule has 0 aromatic heterocycles. The molecular formula is C13H21NO2. The molecule has 0 heterocycles. The topological polar surface area (TPSA) is 41.5 Å². The van der Waals surface area contributed by atoms with E-state index in [9.17, 15) is 5.11 Å². The van der Waals surface area contributed by atoms with E-state index in [1.165, 1.54) is 0 Å². The average molecular weight is 223 g/mol. The molecule has 2 unspecified atom stereocenters. The highest BCUT2D eigenvalue weighted by Gasteiger charge is 2.13. The standard InChI is InChI=1S/C13H21NO2/c1-4-9-16-12-7-5-11(6-8-12)13(15)10(2)14-3/h5-8,10,13-15H,4,9H2,1-3H3. The van der Waals surface area contributed by atoms with E-state index in [4.69, 9.17) is 4.74 Å². The molecule has 0 spiro atoms. The third-order valence-corrected chi connectivity index (χ3v) is 2.62. The van der Waals surface area contributed by atoms with Gasteiger partial charge in [-0.1, -0.05) is 19.1 Å². The lowest BCUT2D eigenvalue weighted by molar-refractivity contribution is 0.140. The molecule has 2 atom stereocenters. The summed E-state index contributed by atoms with van der Waals surface area (Å²) < 4.78 is 5.48. The Morgan fingerprint density at radius 3 is 2.44 bits per heavy atom. The second-order valence-electron chi connectivity index (χ2n) is 3.94. The summed E-state index contributed by atoms with van der Waals surface area (Å²) in [5, 5.41) is 13.0. The molecule has 0 fully saturated rings. The summed E-state index contributed by atoms with van der Waals surface area (Å²) in [4.78, 5) is 0. The van der Waals surface area contributed by atoms with Gasteiger partial charge in [-0.15, -0.1) is 0 Å². The molecular weight excluding hydrogens is 202 g/mol. The second kappa shape index (κ2) is 6.51. The highest BCUT2D eigenvalue weighted by Crippen LogP contribution is 2.20. The smallest absolute Gasteiger partial charge is 0.119 e. The fourth-order valence-corrected chi connectivity index (χ4v) is 1.43. The van der Waals surface area contributed by atoms with Gasteiger partial charge in [0.05, 0.1) is 12.7 Å². The van der Waals surface area contributed by atoms with Crippen molar-refractivity contribution in [1.82, 2.24) is 5.32 Å². The Kier molecular flexibility index (Phi) is 5.29. The first-order chi connectivity index (χ1) is 7.69. The van der Waals surface area contributed by atoms with E-state index in [0.717, 1.165) is 24.3 Å². The summed E-state index contributed by atoms with van der Waals surface area (Å²) >= 11 is 0. The maximum absolute atomic E-state index is 9.95. The predicted molar refractivity (Wildman–Crippen MR) is 65.7 cm³/mol. The number of benzene rings is 1. The second-order valence-corrected chi connectivity index (χ2v) is 3.94. The van der Waals surface area contributed by atoms with Crippen molar-refractivity contribution in [3.8, 4) is 5.75 Å². The predicted octanol–water partition coefficient (Wildman–Crippen LogP) is 2.12. The van der Waals surface area contributed by atoms with Crippen LogP contribution in [0.4, 0.5) is 0 Å². The lowest BCUT2D eigenvalue weighted by Gasteiger charge is -2.18. The van der Waals surface area contributed by atoms with Crippen LogP contribution in [0.1, 0.15) is 31.9 Å². The SMILES string of the molecule is CCCOc1ccc(C(O)C(C)NC)cc1. The molecule has 0 radical (unpaired) electrons. The Labute approximate surface area is 97.4 Å². The summed E-state index contributed by atoms with van der Waals surface area (Å²) in [7, 11) is 1.84. The van der Waals surface area contributed by atoms with Crippen molar-refractivity contribution >= 4 is 0 Å². The number of nitrogens with one attached hydrogen (secondary N) is 1. The van der Waals surface area contributed by atoms with Crippen LogP contribution < -0.4 is 10.1 Å². The lowest BCUT2D eigenvalue weighted by Crippen LogP contribution is -2.28. The highest BCUT2D eigenvalue weighted by atomic mass is 16.5. The van der Waals surface area contributed by atoms with E-state index in [1.807, 2.05) is 38.2 Å². The highest BCUT2D eigenvalue weighted by molar-refractivity contribution is 5.29. The monoisotopic (exact) mass is 223 g/mol. The van der Waals surface area contributed by atoms with Crippen LogP contribution in [-0.2, 0) is 0 Å². The fourth-order valence-electron chi connectivity index (χ4n) is 1.43. The van der Waals surface area contributed by atoms with Crippen molar-refractivity contribution in [1.29, 1.82) is 0 Å². The van der Waals surface area contributed by atoms with Gasteiger partial charge in [0, 0.05) is 6.04 Å². The molecule has 16 heavy (non-hydrogen) atoms. The first-order valence-electron chi connectivity index (χ1n) is 5.77. The van der Waals surface area contributed by atoms with Gasteiger partial charge in [0.2, 0.25) is 0 Å². The third-order valence-electron chi connectivity index (χ3n) is 2.62. The van der Waals surface area contributed by atoms with Crippen molar-refractivity contribution in [2.45, 2.75) is 32.4 Å². The molecule has 0 aliphatic carbocycles. The Balaban J connectivity index is 2.63. The zero-order chi connectivity index (χ0) is 12.0. The number of ether oxygens (including phenoxy) is 1. The van der Waals surface area contributed by atoms with Crippen molar-refractivity contribution < 1.29 is 9.84 Å². The Morgan fingerprint density at radius 2 is 1.94 bits per heavy atom. The normalized spacial score (nSPS) is 14.5. The lowest BCUT2D eigenvalue weighted by atomic mass is 10.0. The molecule has 3 nitrogen and oxygen atoms in total. The number of likely N-dealkylation sites (N-methyl/N-ethyl adjacent to an activating group) is 1. The van der Waals surface area contributed by atoms with Gasteiger partial charge in [-0.05, 0) is 38.1 Å². The molecule has 3 heteroatoms. The molecule has 0 amide bonds. The average Bonchev–Trinajstić information content (AvgIpc) is 2.35. The fraction of sp³-hybridized carbons (Fsp3) is 0.538. The summed E-state index contributed by atoms with van der Waals surface area (Å²) in [6.07, 6.45) is 0.520. The number of hydrogen-bond acceptors (Lipinski definition) is 3. The van der Waals surface area contributed by atoms with E-state index in [1.54, 1.807) is 0 Å². The Hall–Kier alpha value is -1.06. The Bertz CT molecular complexity index is 297. The first kappa shape index (κ1) is 13.0. The zero-order valence-electron chi connectivity index (χ0n) is 10.2. The van der Waals surface area contributed by atoms with Crippen LogP contribution in [0.5, 0.6) is 5.75 Å². The summed E-state index contributed by atoms with van der Waals surface area (Å²) in [6, 6.07) is 7.66. The van der Waals surface area contributed by atoms with Gasteiger partial charge in [-0.3, -0.25) is 0 Å². The van der Waals surface area contributed by atoms with Gasteiger partial charge < -0.3 is 15.2 Å². The number of rotatable bonds is 6. The molecule has 1 aromatic rings. The zero-order valence-corrected chi connectivity index (χ0v) is 10.2. The molecule has 2 N–H and O–H groups in total. The number of aliphatic hydroxyl groups excluding tert-OH is 1. The van der Waals surface area contributed by atoms with Crippen LogP contribution in [0, 0.1) is 0 Å². The quantitative estimate of drug-likeness (QED) is 0.776. The van der Waals surface area contributed by atoms with Crippen LogP contribution in [0.15, 0.2) is 24.3 Å². The molecule has 0 saturated carbocycles. The van der Waals surface area contributed by atoms with Gasteiger partial charge >= 0.3 is 0 Å². The molecule has 1 rings (SSSR count). The minimum absolute atomic E-state index is 0.0439. The molecule has 0 aliphatic rings. The van der Waals surface area contributed by atoms with Gasteiger partial charge in [0.25, 0.3) is 0 Å². The van der Waals surface area contributed by atoms with Crippen LogP contribution in [-0.4, -0.2) is 24.8 Å². The summed E-state index contributed by atoms with van der Waals surface area (Å²) in [5.74, 6) is 0.856. The van der Waals surface area contributed by atoms with Crippen LogP contribution in [0.3, 0.4) is 0 Å².